The molecule has 2 unspecified atom stereocenters. The van der Waals surface area contributed by atoms with E-state index in [1.54, 1.807) is 0 Å². The van der Waals surface area contributed by atoms with Crippen molar-refractivity contribution in [2.75, 3.05) is 47.5 Å². The van der Waals surface area contributed by atoms with Gasteiger partial charge in [-0.05, 0) is 77.0 Å². The minimum absolute atomic E-state index is 0.0191. The molecule has 426 valence electrons. The third-order valence-corrected chi connectivity index (χ3v) is 13.6. The van der Waals surface area contributed by atoms with Crippen LogP contribution in [-0.2, 0) is 32.7 Å². The molecule has 0 aromatic heterocycles. The highest BCUT2D eigenvalue weighted by atomic mass is 31.2. The van der Waals surface area contributed by atoms with E-state index in [-0.39, 0.29) is 26.1 Å². The zero-order valence-corrected chi connectivity index (χ0v) is 49.2. The molecule has 0 saturated carbocycles. The molecule has 0 aliphatic rings. The van der Waals surface area contributed by atoms with Gasteiger partial charge in [0.15, 0.2) is 6.10 Å². The van der Waals surface area contributed by atoms with Gasteiger partial charge in [-0.1, -0.05) is 252 Å². The number of allylic oxidation sites excluding steroid dienone is 16. The fourth-order valence-electron chi connectivity index (χ4n) is 8.08. The fourth-order valence-corrected chi connectivity index (χ4v) is 8.82. The first-order valence-electron chi connectivity index (χ1n) is 30.0. The average molecular weight is 1060 g/mol. The summed E-state index contributed by atoms with van der Waals surface area (Å²) >= 11 is 0. The minimum Gasteiger partial charge on any atom is -0.462 e. The Morgan fingerprint density at radius 3 is 1.14 bits per heavy atom. The Hall–Kier alpha value is -3.07. The SMILES string of the molecule is CC/C=C\C/C=C\C/C=C\C/C=C\CCCCCCCCCCCCCCCCCCCCCCCCCCC(=O)OC(COC(=O)CC/C=C\C/C=C\C/C=C\C/C=C\CC)COP(=O)(O)OCC[N+](C)(C)C. The van der Waals surface area contributed by atoms with Crippen molar-refractivity contribution in [2.24, 2.45) is 0 Å². The predicted octanol–water partition coefficient (Wildman–Crippen LogP) is 18.8. The number of likely N-dealkylation sites (N-methyl/N-ethyl adjacent to an activating group) is 1. The first-order valence-corrected chi connectivity index (χ1v) is 31.5. The Balaban J connectivity index is 3.97. The predicted molar refractivity (Wildman–Crippen MR) is 316 cm³/mol. The molecule has 9 nitrogen and oxygen atoms in total. The number of phosphoric ester groups is 1. The van der Waals surface area contributed by atoms with Crippen LogP contribution in [0.2, 0.25) is 0 Å². The summed E-state index contributed by atoms with van der Waals surface area (Å²) in [5.41, 5.74) is 0. The summed E-state index contributed by atoms with van der Waals surface area (Å²) in [6, 6.07) is 0. The smallest absolute Gasteiger partial charge is 0.462 e. The lowest BCUT2D eigenvalue weighted by Gasteiger charge is -2.24. The Morgan fingerprint density at radius 1 is 0.419 bits per heavy atom. The second-order valence-electron chi connectivity index (χ2n) is 21.0. The molecule has 0 fully saturated rings. The van der Waals surface area contributed by atoms with Crippen LogP contribution in [0.4, 0.5) is 0 Å². The highest BCUT2D eigenvalue weighted by Gasteiger charge is 2.27. The van der Waals surface area contributed by atoms with E-state index in [0.29, 0.717) is 23.9 Å². The third kappa shape index (κ3) is 58.2. The second kappa shape index (κ2) is 54.7. The number of unbranched alkanes of at least 4 members (excludes halogenated alkanes) is 24. The van der Waals surface area contributed by atoms with Crippen molar-refractivity contribution >= 4 is 19.8 Å². The first-order chi connectivity index (χ1) is 36.0. The Labute approximate surface area is 455 Å². The van der Waals surface area contributed by atoms with E-state index in [1.165, 1.54) is 135 Å². The van der Waals surface area contributed by atoms with Crippen molar-refractivity contribution in [3.8, 4) is 0 Å². The van der Waals surface area contributed by atoms with Crippen molar-refractivity contribution in [3.63, 3.8) is 0 Å². The van der Waals surface area contributed by atoms with E-state index in [0.717, 1.165) is 70.6 Å². The molecule has 0 aromatic rings. The summed E-state index contributed by atoms with van der Waals surface area (Å²) in [5.74, 6) is -0.890. The highest BCUT2D eigenvalue weighted by molar-refractivity contribution is 7.47. The van der Waals surface area contributed by atoms with Gasteiger partial charge < -0.3 is 18.9 Å². The van der Waals surface area contributed by atoms with Gasteiger partial charge in [0.2, 0.25) is 0 Å². The van der Waals surface area contributed by atoms with Crippen LogP contribution in [0, 0.1) is 0 Å². The lowest BCUT2D eigenvalue weighted by molar-refractivity contribution is -0.870. The standard InChI is InChI=1S/C64H112NO8P/c1-6-8-10-12-14-16-18-20-21-22-23-24-25-26-27-28-29-30-31-32-33-34-35-36-37-38-39-40-41-42-43-45-47-49-51-53-55-57-64(67)73-62(61-72-74(68,69)71-59-58-65(3,4)5)60-70-63(66)56-54-52-50-48-46-44-19-17-15-13-11-9-7-2/h8-11,14-17,20-21,23-24,44,46,50,52,62H,6-7,12-13,18-19,22,25-43,45,47-49,51,53-61H2,1-5H3/p+1/b10-8-,11-9-,16-14-,17-15-,21-20-,24-23-,46-44-,52-50-. The molecule has 0 amide bonds. The zero-order valence-electron chi connectivity index (χ0n) is 48.3. The lowest BCUT2D eigenvalue weighted by atomic mass is 10.0. The van der Waals surface area contributed by atoms with E-state index in [2.05, 4.69) is 98.9 Å². The summed E-state index contributed by atoms with van der Waals surface area (Å²) in [5, 5.41) is 0. The largest absolute Gasteiger partial charge is 0.472 e. The molecule has 0 aliphatic heterocycles. The van der Waals surface area contributed by atoms with Gasteiger partial charge >= 0.3 is 19.8 Å². The molecule has 0 aromatic carbocycles. The van der Waals surface area contributed by atoms with Crippen LogP contribution in [0.5, 0.6) is 0 Å². The van der Waals surface area contributed by atoms with Gasteiger partial charge in [0.1, 0.15) is 19.8 Å². The van der Waals surface area contributed by atoms with Crippen LogP contribution in [0.1, 0.15) is 245 Å². The number of carbonyl (C=O) groups is 2. The van der Waals surface area contributed by atoms with Crippen molar-refractivity contribution in [1.29, 1.82) is 0 Å². The first kappa shape index (κ1) is 70.9. The van der Waals surface area contributed by atoms with Crippen LogP contribution < -0.4 is 0 Å². The Kier molecular flexibility index (Phi) is 52.4. The van der Waals surface area contributed by atoms with Crippen LogP contribution in [0.15, 0.2) is 97.2 Å². The normalized spacial score (nSPS) is 14.0. The van der Waals surface area contributed by atoms with Crippen molar-refractivity contribution < 1.29 is 42.1 Å². The van der Waals surface area contributed by atoms with Crippen LogP contribution >= 0.6 is 7.82 Å². The van der Waals surface area contributed by atoms with Crippen molar-refractivity contribution in [1.82, 2.24) is 0 Å². The number of hydrogen-bond acceptors (Lipinski definition) is 7. The van der Waals surface area contributed by atoms with E-state index < -0.39 is 32.5 Å². The number of esters is 2. The molecule has 0 radical (unpaired) electrons. The summed E-state index contributed by atoms with van der Waals surface area (Å²) in [6.45, 7) is 4.12. The summed E-state index contributed by atoms with van der Waals surface area (Å²) < 4.78 is 34.4. The molecule has 10 heteroatoms. The van der Waals surface area contributed by atoms with Crippen LogP contribution in [-0.4, -0.2) is 74.9 Å². The molecular formula is C64H113NO8P+. The number of quaternary nitrogens is 1. The maximum absolute atomic E-state index is 12.8. The quantitative estimate of drug-likeness (QED) is 0.0211. The van der Waals surface area contributed by atoms with Gasteiger partial charge in [0, 0.05) is 12.8 Å². The number of ether oxygens (including phenoxy) is 2. The maximum atomic E-state index is 12.8. The monoisotopic (exact) mass is 1050 g/mol. The zero-order chi connectivity index (χ0) is 54.2. The topological polar surface area (TPSA) is 108 Å². The van der Waals surface area contributed by atoms with Gasteiger partial charge in [-0.25, -0.2) is 4.57 Å². The van der Waals surface area contributed by atoms with Crippen molar-refractivity contribution in [2.45, 2.75) is 251 Å². The van der Waals surface area contributed by atoms with E-state index in [4.69, 9.17) is 18.5 Å². The maximum Gasteiger partial charge on any atom is 0.472 e. The average Bonchev–Trinajstić information content (AvgIpc) is 3.36. The summed E-state index contributed by atoms with van der Waals surface area (Å²) in [7, 11) is 1.44. The number of nitrogens with zero attached hydrogens (tertiary/aromatic N) is 1. The number of rotatable bonds is 54. The third-order valence-electron chi connectivity index (χ3n) is 12.6. The molecule has 0 spiro atoms. The summed E-state index contributed by atoms with van der Waals surface area (Å²) in [4.78, 5) is 35.5. The van der Waals surface area contributed by atoms with E-state index >= 15 is 0 Å². The van der Waals surface area contributed by atoms with Gasteiger partial charge in [-0.3, -0.25) is 18.6 Å². The molecule has 74 heavy (non-hydrogen) atoms. The van der Waals surface area contributed by atoms with Gasteiger partial charge in [-0.2, -0.15) is 0 Å². The molecule has 0 bridgehead atoms. The molecule has 0 rings (SSSR count). The minimum atomic E-state index is -4.40. The van der Waals surface area contributed by atoms with Gasteiger partial charge in [0.05, 0.1) is 27.7 Å². The van der Waals surface area contributed by atoms with E-state index in [9.17, 15) is 19.0 Å². The lowest BCUT2D eigenvalue weighted by Crippen LogP contribution is -2.37. The van der Waals surface area contributed by atoms with Crippen molar-refractivity contribution in [3.05, 3.63) is 97.2 Å². The fraction of sp³-hybridized carbons (Fsp3) is 0.719. The molecular weight excluding hydrogens is 942 g/mol. The summed E-state index contributed by atoms with van der Waals surface area (Å²) in [6.07, 6.45) is 75.4. The highest BCUT2D eigenvalue weighted by Crippen LogP contribution is 2.43. The molecule has 0 heterocycles. The van der Waals surface area contributed by atoms with Gasteiger partial charge in [-0.15, -0.1) is 0 Å². The molecule has 2 atom stereocenters. The van der Waals surface area contributed by atoms with Crippen LogP contribution in [0.25, 0.3) is 0 Å². The Bertz CT molecular complexity index is 1570. The number of phosphoric acid groups is 1. The molecule has 1 N–H and O–H groups in total. The number of carbonyl (C=O) groups excluding carboxylic acids is 2. The second-order valence-corrected chi connectivity index (χ2v) is 22.4. The van der Waals surface area contributed by atoms with Gasteiger partial charge in [0.25, 0.3) is 0 Å². The number of hydrogen-bond donors (Lipinski definition) is 1. The van der Waals surface area contributed by atoms with Crippen LogP contribution in [0.3, 0.4) is 0 Å². The molecule has 0 saturated heterocycles. The Morgan fingerprint density at radius 2 is 0.757 bits per heavy atom. The van der Waals surface area contributed by atoms with E-state index in [1.807, 2.05) is 33.3 Å². The molecule has 0 aliphatic carbocycles.